The fraction of sp³-hybridized carbons (Fsp3) is 0.619. The summed E-state index contributed by atoms with van der Waals surface area (Å²) in [6.07, 6.45) is 2.58. The summed E-state index contributed by atoms with van der Waals surface area (Å²) in [7, 11) is 0. The second-order valence-electron chi connectivity index (χ2n) is 7.42. The molecule has 5 heteroatoms. The molecule has 142 valence electrons. The second-order valence-corrected chi connectivity index (χ2v) is 7.42. The average molecular weight is 359 g/mol. The molecule has 26 heavy (non-hydrogen) atoms. The summed E-state index contributed by atoms with van der Waals surface area (Å²) in [5.41, 5.74) is 0.437. The minimum absolute atomic E-state index is 0.0303. The fourth-order valence-electron chi connectivity index (χ4n) is 4.69. The first-order chi connectivity index (χ1) is 12.5. The molecule has 0 aromatic heterocycles. The topological polar surface area (TPSA) is 55.8 Å². The summed E-state index contributed by atoms with van der Waals surface area (Å²) in [5, 5.41) is 0. The minimum atomic E-state index is -0.664. The van der Waals surface area contributed by atoms with Crippen molar-refractivity contribution in [1.29, 1.82) is 0 Å². The maximum absolute atomic E-state index is 13.1. The Balaban J connectivity index is 1.88. The van der Waals surface area contributed by atoms with E-state index < -0.39 is 5.72 Å². The van der Waals surface area contributed by atoms with Crippen LogP contribution in [0, 0.1) is 11.8 Å². The number of rotatable bonds is 6. The number of nitrogens with zero attached hydrogens (tertiary/aromatic N) is 1. The van der Waals surface area contributed by atoms with Gasteiger partial charge in [0.15, 0.2) is 0 Å². The van der Waals surface area contributed by atoms with E-state index >= 15 is 0 Å². The van der Waals surface area contributed by atoms with Crippen molar-refractivity contribution >= 4 is 11.9 Å². The highest BCUT2D eigenvalue weighted by molar-refractivity contribution is 5.80. The SMILES string of the molecule is CCC[C@@H]1[C@@H](CC(=O)OCC)CC(=O)N2[C@H](c3ccccc3)CO[C@@]12C. The molecule has 1 aromatic rings. The predicted octanol–water partition coefficient (Wildman–Crippen LogP) is 3.69. The zero-order chi connectivity index (χ0) is 18.7. The van der Waals surface area contributed by atoms with Gasteiger partial charge in [0, 0.05) is 18.8 Å². The molecule has 0 saturated carbocycles. The number of benzene rings is 1. The molecular formula is C21H29NO4. The maximum Gasteiger partial charge on any atom is 0.306 e. The first-order valence-corrected chi connectivity index (χ1v) is 9.67. The molecule has 1 amide bonds. The van der Waals surface area contributed by atoms with Crippen LogP contribution >= 0.6 is 0 Å². The molecule has 2 heterocycles. The van der Waals surface area contributed by atoms with E-state index in [1.165, 1.54) is 0 Å². The molecule has 1 aromatic carbocycles. The number of hydrogen-bond donors (Lipinski definition) is 0. The largest absolute Gasteiger partial charge is 0.466 e. The van der Waals surface area contributed by atoms with E-state index in [2.05, 4.69) is 6.92 Å². The van der Waals surface area contributed by atoms with E-state index in [-0.39, 0.29) is 36.2 Å². The zero-order valence-electron chi connectivity index (χ0n) is 15.9. The smallest absolute Gasteiger partial charge is 0.306 e. The Morgan fingerprint density at radius 3 is 2.69 bits per heavy atom. The van der Waals surface area contributed by atoms with E-state index in [0.29, 0.717) is 19.6 Å². The molecule has 5 nitrogen and oxygen atoms in total. The van der Waals surface area contributed by atoms with Crippen molar-refractivity contribution in [2.75, 3.05) is 13.2 Å². The van der Waals surface area contributed by atoms with Crippen molar-refractivity contribution in [3.05, 3.63) is 35.9 Å². The van der Waals surface area contributed by atoms with Crippen molar-refractivity contribution < 1.29 is 19.1 Å². The monoisotopic (exact) mass is 359 g/mol. The minimum Gasteiger partial charge on any atom is -0.466 e. The number of hydrogen-bond acceptors (Lipinski definition) is 4. The maximum atomic E-state index is 13.1. The van der Waals surface area contributed by atoms with Crippen LogP contribution in [-0.4, -0.2) is 35.7 Å². The van der Waals surface area contributed by atoms with Crippen LogP contribution in [0.3, 0.4) is 0 Å². The Hall–Kier alpha value is -1.88. The molecule has 0 N–H and O–H groups in total. The third-order valence-corrected chi connectivity index (χ3v) is 5.80. The zero-order valence-corrected chi connectivity index (χ0v) is 15.9. The molecule has 0 unspecified atom stereocenters. The van der Waals surface area contributed by atoms with Gasteiger partial charge in [0.2, 0.25) is 5.91 Å². The lowest BCUT2D eigenvalue weighted by molar-refractivity contribution is -0.183. The van der Waals surface area contributed by atoms with Gasteiger partial charge in [0.25, 0.3) is 0 Å². The van der Waals surface area contributed by atoms with E-state index in [9.17, 15) is 9.59 Å². The van der Waals surface area contributed by atoms with Crippen LogP contribution in [0.5, 0.6) is 0 Å². The predicted molar refractivity (Wildman–Crippen MR) is 98.1 cm³/mol. The van der Waals surface area contributed by atoms with Crippen LogP contribution in [0.2, 0.25) is 0 Å². The molecule has 2 saturated heterocycles. The van der Waals surface area contributed by atoms with Gasteiger partial charge < -0.3 is 14.4 Å². The molecule has 0 aliphatic carbocycles. The Morgan fingerprint density at radius 1 is 1.31 bits per heavy atom. The highest BCUT2D eigenvalue weighted by atomic mass is 16.5. The van der Waals surface area contributed by atoms with Crippen LogP contribution in [0.4, 0.5) is 0 Å². The first kappa shape index (κ1) is 18.9. The van der Waals surface area contributed by atoms with Crippen LogP contribution in [0.25, 0.3) is 0 Å². The molecule has 0 bridgehead atoms. The van der Waals surface area contributed by atoms with Gasteiger partial charge in [-0.05, 0) is 31.7 Å². The van der Waals surface area contributed by atoms with E-state index in [4.69, 9.17) is 9.47 Å². The van der Waals surface area contributed by atoms with E-state index in [0.717, 1.165) is 18.4 Å². The van der Waals surface area contributed by atoms with E-state index in [1.54, 1.807) is 6.92 Å². The fourth-order valence-corrected chi connectivity index (χ4v) is 4.69. The van der Waals surface area contributed by atoms with Gasteiger partial charge in [-0.3, -0.25) is 9.59 Å². The molecule has 2 aliphatic rings. The Bertz CT molecular complexity index is 647. The highest BCUT2D eigenvalue weighted by Gasteiger charge is 2.57. The van der Waals surface area contributed by atoms with Crippen LogP contribution in [0.1, 0.15) is 58.1 Å². The average Bonchev–Trinajstić information content (AvgIpc) is 2.98. The molecule has 2 fully saturated rings. The van der Waals surface area contributed by atoms with Crippen LogP contribution in [0.15, 0.2) is 30.3 Å². The van der Waals surface area contributed by atoms with Crippen LogP contribution in [-0.2, 0) is 19.1 Å². The lowest BCUT2D eigenvalue weighted by Gasteiger charge is -2.49. The summed E-state index contributed by atoms with van der Waals surface area (Å²) < 4.78 is 11.4. The quantitative estimate of drug-likeness (QED) is 0.727. The lowest BCUT2D eigenvalue weighted by Crippen LogP contribution is -2.58. The number of esters is 1. The second kappa shape index (κ2) is 7.78. The first-order valence-electron chi connectivity index (χ1n) is 9.67. The molecule has 3 rings (SSSR count). The van der Waals surface area contributed by atoms with Gasteiger partial charge in [0.1, 0.15) is 5.72 Å². The van der Waals surface area contributed by atoms with Gasteiger partial charge in [-0.1, -0.05) is 43.7 Å². The number of carbonyl (C=O) groups excluding carboxylic acids is 2. The standard InChI is InChI=1S/C21H29NO4/c1-4-9-17-16(13-20(24)25-5-2)12-19(23)22-18(14-26-21(17,22)3)15-10-7-6-8-11-15/h6-8,10-11,16-18H,4-5,9,12-14H2,1-3H3/t16-,17-,18+,21+/m1/s1. The van der Waals surface area contributed by atoms with Crippen molar-refractivity contribution in [2.24, 2.45) is 11.8 Å². The highest BCUT2D eigenvalue weighted by Crippen LogP contribution is 2.50. The Kier molecular flexibility index (Phi) is 5.66. The Labute approximate surface area is 155 Å². The van der Waals surface area contributed by atoms with Crippen molar-refractivity contribution in [3.8, 4) is 0 Å². The van der Waals surface area contributed by atoms with Gasteiger partial charge in [-0.15, -0.1) is 0 Å². The summed E-state index contributed by atoms with van der Waals surface area (Å²) in [6, 6.07) is 10.0. The number of ether oxygens (including phenoxy) is 2. The summed E-state index contributed by atoms with van der Waals surface area (Å²) in [6.45, 7) is 6.83. The van der Waals surface area contributed by atoms with Crippen molar-refractivity contribution in [1.82, 2.24) is 4.90 Å². The summed E-state index contributed by atoms with van der Waals surface area (Å²) >= 11 is 0. The molecule has 0 radical (unpaired) electrons. The number of fused-ring (bicyclic) bond motifs is 1. The molecular weight excluding hydrogens is 330 g/mol. The van der Waals surface area contributed by atoms with E-state index in [1.807, 2.05) is 42.2 Å². The number of carbonyl (C=O) groups is 2. The van der Waals surface area contributed by atoms with Gasteiger partial charge in [-0.25, -0.2) is 0 Å². The number of piperidine rings is 1. The van der Waals surface area contributed by atoms with Crippen molar-refractivity contribution in [3.63, 3.8) is 0 Å². The van der Waals surface area contributed by atoms with Crippen molar-refractivity contribution in [2.45, 2.75) is 58.2 Å². The van der Waals surface area contributed by atoms with Crippen LogP contribution < -0.4 is 0 Å². The molecule has 4 atom stereocenters. The summed E-state index contributed by atoms with van der Waals surface area (Å²) in [5.74, 6) is -0.0536. The van der Waals surface area contributed by atoms with Gasteiger partial charge in [-0.2, -0.15) is 0 Å². The lowest BCUT2D eigenvalue weighted by atomic mass is 9.73. The molecule has 0 spiro atoms. The molecule has 2 aliphatic heterocycles. The normalized spacial score (nSPS) is 31.0. The third kappa shape index (κ3) is 3.37. The Morgan fingerprint density at radius 2 is 2.04 bits per heavy atom. The third-order valence-electron chi connectivity index (χ3n) is 5.80. The van der Waals surface area contributed by atoms with Gasteiger partial charge >= 0.3 is 5.97 Å². The summed E-state index contributed by atoms with van der Waals surface area (Å²) in [4.78, 5) is 27.1. The van der Waals surface area contributed by atoms with Gasteiger partial charge in [0.05, 0.1) is 19.3 Å². The number of amides is 1.